The fourth-order valence-electron chi connectivity index (χ4n) is 4.22. The van der Waals surface area contributed by atoms with Gasteiger partial charge in [-0.25, -0.2) is 0 Å². The second-order valence-electron chi connectivity index (χ2n) is 8.43. The Balaban J connectivity index is 1.33. The summed E-state index contributed by atoms with van der Waals surface area (Å²) in [5.74, 6) is -0.435. The number of benzene rings is 3. The lowest BCUT2D eigenvalue weighted by Gasteiger charge is -2.16. The van der Waals surface area contributed by atoms with E-state index in [2.05, 4.69) is 5.16 Å². The van der Waals surface area contributed by atoms with Crippen molar-refractivity contribution in [3.8, 4) is 22.6 Å². The lowest BCUT2D eigenvalue weighted by molar-refractivity contribution is -0.138. The van der Waals surface area contributed by atoms with E-state index in [1.165, 1.54) is 18.4 Å². The van der Waals surface area contributed by atoms with Gasteiger partial charge in [0.2, 0.25) is 0 Å². The van der Waals surface area contributed by atoms with Crippen LogP contribution in [0.2, 0.25) is 0 Å². The largest absolute Gasteiger partial charge is 0.489 e. The number of ether oxygens (including phenoxy) is 2. The van der Waals surface area contributed by atoms with Gasteiger partial charge in [0.05, 0.1) is 23.2 Å². The third-order valence-corrected chi connectivity index (χ3v) is 6.01. The highest BCUT2D eigenvalue weighted by Gasteiger charge is 2.31. The predicted molar refractivity (Wildman–Crippen MR) is 123 cm³/mol. The first kappa shape index (κ1) is 23.5. The number of carboxylic acid groups (broad SMARTS) is 1. The summed E-state index contributed by atoms with van der Waals surface area (Å²) in [6.07, 6.45) is -3.08. The highest BCUT2D eigenvalue weighted by molar-refractivity contribution is 5.70. The molecule has 0 amide bonds. The molecule has 0 spiro atoms. The van der Waals surface area contributed by atoms with Crippen molar-refractivity contribution >= 4 is 5.97 Å². The van der Waals surface area contributed by atoms with Crippen molar-refractivity contribution in [1.82, 2.24) is 5.16 Å². The molecule has 9 heteroatoms. The molecule has 1 aliphatic rings. The van der Waals surface area contributed by atoms with E-state index in [0.29, 0.717) is 33.9 Å². The molecule has 0 saturated carbocycles. The van der Waals surface area contributed by atoms with E-state index >= 15 is 0 Å². The molecule has 0 fully saturated rings. The van der Waals surface area contributed by atoms with Crippen LogP contribution in [0.3, 0.4) is 0 Å². The van der Waals surface area contributed by atoms with E-state index in [4.69, 9.17) is 14.0 Å². The molecule has 0 saturated heterocycles. The molecular weight excluding hydrogens is 475 g/mol. The molecule has 2 heterocycles. The maximum atomic E-state index is 12.8. The zero-order valence-electron chi connectivity index (χ0n) is 18.8. The number of halogens is 3. The Labute approximate surface area is 203 Å². The van der Waals surface area contributed by atoms with Crippen LogP contribution in [0.4, 0.5) is 13.2 Å². The number of hydrogen-bond donors (Lipinski definition) is 1. The average Bonchev–Trinajstić information content (AvgIpc) is 3.28. The zero-order valence-corrected chi connectivity index (χ0v) is 18.8. The van der Waals surface area contributed by atoms with Crippen molar-refractivity contribution < 1.29 is 37.1 Å². The molecule has 36 heavy (non-hydrogen) atoms. The minimum atomic E-state index is -4.38. The lowest BCUT2D eigenvalue weighted by atomic mass is 9.90. The topological polar surface area (TPSA) is 81.8 Å². The minimum Gasteiger partial charge on any atom is -0.489 e. The highest BCUT2D eigenvalue weighted by atomic mass is 19.4. The van der Waals surface area contributed by atoms with Crippen LogP contribution in [0.1, 0.15) is 40.3 Å². The molecule has 1 unspecified atom stereocenters. The number of nitrogens with zero attached hydrogens (tertiary/aromatic N) is 1. The van der Waals surface area contributed by atoms with Crippen LogP contribution in [-0.4, -0.2) is 16.2 Å². The number of aromatic nitrogens is 1. The Morgan fingerprint density at radius 1 is 1.06 bits per heavy atom. The summed E-state index contributed by atoms with van der Waals surface area (Å²) in [4.78, 5) is 11.5. The van der Waals surface area contributed by atoms with Gasteiger partial charge in [-0.1, -0.05) is 41.6 Å². The Morgan fingerprint density at radius 3 is 2.61 bits per heavy atom. The summed E-state index contributed by atoms with van der Waals surface area (Å²) in [6.45, 7) is 0.415. The van der Waals surface area contributed by atoms with Crippen molar-refractivity contribution in [2.45, 2.75) is 31.7 Å². The first-order valence-electron chi connectivity index (χ1n) is 11.1. The molecule has 5 rings (SSSR count). The van der Waals surface area contributed by atoms with Crippen molar-refractivity contribution in [2.75, 3.05) is 0 Å². The number of fused-ring (bicyclic) bond motifs is 2. The van der Waals surface area contributed by atoms with Crippen molar-refractivity contribution in [3.05, 3.63) is 101 Å². The molecule has 1 N–H and O–H groups in total. The third kappa shape index (κ3) is 4.91. The molecule has 1 aliphatic heterocycles. The summed E-state index contributed by atoms with van der Waals surface area (Å²) in [7, 11) is 0. The summed E-state index contributed by atoms with van der Waals surface area (Å²) in [5, 5.41) is 13.4. The molecule has 0 bridgehead atoms. The number of alkyl halides is 3. The molecule has 4 aromatic rings. The standard InChI is InChI=1S/C27H20F3NO5/c28-27(29,30)20-6-4-17(5-7-20)18-3-1-2-16(10-18)13-34-21-8-9-22-23(12-25(32)33)26-19(15-36-31-26)14-35-24(22)11-21/h1-11,15,23H,12-14H2,(H,32,33). The third-order valence-electron chi connectivity index (χ3n) is 6.01. The van der Waals surface area contributed by atoms with Crippen LogP contribution in [0.5, 0.6) is 11.5 Å². The fourth-order valence-corrected chi connectivity index (χ4v) is 4.22. The van der Waals surface area contributed by atoms with E-state index in [1.807, 2.05) is 24.3 Å². The minimum absolute atomic E-state index is 0.160. The molecule has 6 nitrogen and oxygen atoms in total. The monoisotopic (exact) mass is 495 g/mol. The number of aliphatic carboxylic acids is 1. The van der Waals surface area contributed by atoms with Crippen LogP contribution >= 0.6 is 0 Å². The smallest absolute Gasteiger partial charge is 0.416 e. The van der Waals surface area contributed by atoms with Gasteiger partial charge in [0.25, 0.3) is 0 Å². The van der Waals surface area contributed by atoms with Crippen LogP contribution in [0.25, 0.3) is 11.1 Å². The first-order chi connectivity index (χ1) is 17.3. The second-order valence-corrected chi connectivity index (χ2v) is 8.43. The summed E-state index contributed by atoms with van der Waals surface area (Å²) >= 11 is 0. The van der Waals surface area contributed by atoms with Gasteiger partial charge < -0.3 is 19.1 Å². The summed E-state index contributed by atoms with van der Waals surface area (Å²) < 4.78 is 55.4. The van der Waals surface area contributed by atoms with Gasteiger partial charge in [-0.2, -0.15) is 13.2 Å². The van der Waals surface area contributed by atoms with Crippen molar-refractivity contribution in [3.63, 3.8) is 0 Å². The molecule has 1 atom stereocenters. The summed E-state index contributed by atoms with van der Waals surface area (Å²) in [6, 6.07) is 17.6. The van der Waals surface area contributed by atoms with Crippen LogP contribution < -0.4 is 9.47 Å². The molecule has 1 aromatic heterocycles. The Morgan fingerprint density at radius 2 is 1.86 bits per heavy atom. The Bertz CT molecular complexity index is 1400. The van der Waals surface area contributed by atoms with Crippen molar-refractivity contribution in [1.29, 1.82) is 0 Å². The predicted octanol–water partition coefficient (Wildman–Crippen LogP) is 6.44. The average molecular weight is 495 g/mol. The maximum absolute atomic E-state index is 12.8. The fraction of sp³-hybridized carbons (Fsp3) is 0.185. The van der Waals surface area contributed by atoms with Gasteiger partial charge in [-0.3, -0.25) is 4.79 Å². The zero-order chi connectivity index (χ0) is 25.3. The van der Waals surface area contributed by atoms with Crippen LogP contribution in [-0.2, 0) is 24.2 Å². The first-order valence-corrected chi connectivity index (χ1v) is 11.1. The van der Waals surface area contributed by atoms with Gasteiger partial charge in [0.15, 0.2) is 0 Å². The lowest BCUT2D eigenvalue weighted by Crippen LogP contribution is -2.09. The second kappa shape index (κ2) is 9.41. The van der Waals surface area contributed by atoms with E-state index < -0.39 is 23.6 Å². The van der Waals surface area contributed by atoms with Gasteiger partial charge in [0, 0.05) is 17.5 Å². The highest BCUT2D eigenvalue weighted by Crippen LogP contribution is 2.40. The van der Waals surface area contributed by atoms with Crippen LogP contribution in [0.15, 0.2) is 77.5 Å². The van der Waals surface area contributed by atoms with E-state index in [9.17, 15) is 23.1 Å². The van der Waals surface area contributed by atoms with Gasteiger partial charge >= 0.3 is 12.1 Å². The normalized spacial score (nSPS) is 14.8. The maximum Gasteiger partial charge on any atom is 0.416 e. The van der Waals surface area contributed by atoms with E-state index in [0.717, 1.165) is 23.3 Å². The van der Waals surface area contributed by atoms with Crippen LogP contribution in [0, 0.1) is 0 Å². The molecule has 3 aromatic carbocycles. The van der Waals surface area contributed by atoms with Gasteiger partial charge in [-0.15, -0.1) is 0 Å². The number of carboxylic acids is 1. The molecular formula is C27H20F3NO5. The quantitative estimate of drug-likeness (QED) is 0.332. The number of hydrogen-bond acceptors (Lipinski definition) is 5. The van der Waals surface area contributed by atoms with Crippen molar-refractivity contribution in [2.24, 2.45) is 0 Å². The Kier molecular flexibility index (Phi) is 6.13. The molecule has 0 aliphatic carbocycles. The number of carbonyl (C=O) groups is 1. The summed E-state index contributed by atoms with van der Waals surface area (Å²) in [5.41, 5.74) is 3.50. The van der Waals surface area contributed by atoms with Gasteiger partial charge in [0.1, 0.15) is 31.0 Å². The molecule has 184 valence electrons. The number of rotatable bonds is 6. The Hall–Kier alpha value is -4.27. The van der Waals surface area contributed by atoms with E-state index in [-0.39, 0.29) is 19.6 Å². The molecule has 0 radical (unpaired) electrons. The van der Waals surface area contributed by atoms with Gasteiger partial charge in [-0.05, 0) is 41.0 Å². The SMILES string of the molecule is O=C(O)CC1c2ccc(OCc3cccc(-c4ccc(C(F)(F)F)cc4)c3)cc2OCc2conc21. The van der Waals surface area contributed by atoms with E-state index in [1.54, 1.807) is 18.2 Å².